The van der Waals surface area contributed by atoms with E-state index in [1.165, 1.54) is 0 Å². The first kappa shape index (κ1) is 20.8. The monoisotopic (exact) mass is 421 g/mol. The van der Waals surface area contributed by atoms with E-state index in [2.05, 4.69) is 10.3 Å². The van der Waals surface area contributed by atoms with Gasteiger partial charge in [-0.1, -0.05) is 19.9 Å². The van der Waals surface area contributed by atoms with Crippen LogP contribution in [0, 0.1) is 12.8 Å². The van der Waals surface area contributed by atoms with Gasteiger partial charge >= 0.3 is 0 Å². The molecule has 0 saturated carbocycles. The fourth-order valence-electron chi connectivity index (χ4n) is 3.56. The summed E-state index contributed by atoms with van der Waals surface area (Å²) in [6.45, 7) is 7.29. The molecule has 0 radical (unpaired) electrons. The number of aromatic nitrogens is 1. The Kier molecular flexibility index (Phi) is 5.84. The number of rotatable bonds is 6. The lowest BCUT2D eigenvalue weighted by molar-refractivity contribution is 0.0903. The summed E-state index contributed by atoms with van der Waals surface area (Å²) in [6, 6.07) is 12.5. The molecule has 0 bridgehead atoms. The Morgan fingerprint density at radius 3 is 2.71 bits per heavy atom. The zero-order valence-electron chi connectivity index (χ0n) is 18.0. The van der Waals surface area contributed by atoms with E-state index in [0.29, 0.717) is 48.3 Å². The van der Waals surface area contributed by atoms with Gasteiger partial charge in [-0.15, -0.1) is 0 Å². The van der Waals surface area contributed by atoms with Gasteiger partial charge in [0, 0.05) is 16.9 Å². The van der Waals surface area contributed by atoms with E-state index in [1.54, 1.807) is 18.2 Å². The molecular weight excluding hydrogens is 394 g/mol. The van der Waals surface area contributed by atoms with Crippen molar-refractivity contribution in [1.82, 2.24) is 10.3 Å². The van der Waals surface area contributed by atoms with Crippen molar-refractivity contribution < 1.29 is 19.0 Å². The van der Waals surface area contributed by atoms with Gasteiger partial charge in [-0.05, 0) is 49.2 Å². The minimum Gasteiger partial charge on any atom is -0.491 e. The molecule has 1 unspecified atom stereocenters. The molecule has 1 aliphatic rings. The van der Waals surface area contributed by atoms with Crippen molar-refractivity contribution in [3.8, 4) is 17.2 Å². The van der Waals surface area contributed by atoms with Crippen molar-refractivity contribution in [3.63, 3.8) is 0 Å². The molecule has 1 atom stereocenters. The summed E-state index contributed by atoms with van der Waals surface area (Å²) < 4.78 is 17.2. The molecule has 3 aromatic rings. The highest BCUT2D eigenvalue weighted by molar-refractivity contribution is 5.96. The van der Waals surface area contributed by atoms with Crippen LogP contribution in [0.5, 0.6) is 17.2 Å². The smallest absolute Gasteiger partial charge is 0.251 e. The number of fused-ring (bicyclic) bond motifs is 2. The van der Waals surface area contributed by atoms with E-state index in [9.17, 15) is 4.79 Å². The maximum atomic E-state index is 12.9. The molecule has 7 heteroatoms. The molecule has 0 saturated heterocycles. The standard InChI is InChI=1S/C24H27N3O4/c1-14(2)19(27-24(28)16-7-8-20-22(12-16)30-10-9-29-20)13-31-21-6-4-5-18-23(21)17(25)11-15(3)26-18/h4-8,11-12,14,19H,9-10,13H2,1-3H3,(H2,25,26)(H,27,28). The number of nitrogen functional groups attached to an aromatic ring is 1. The van der Waals surface area contributed by atoms with Crippen molar-refractivity contribution in [2.75, 3.05) is 25.6 Å². The third-order valence-corrected chi connectivity index (χ3v) is 5.30. The summed E-state index contributed by atoms with van der Waals surface area (Å²) in [5, 5.41) is 3.86. The van der Waals surface area contributed by atoms with E-state index in [4.69, 9.17) is 19.9 Å². The van der Waals surface area contributed by atoms with E-state index in [1.807, 2.05) is 45.0 Å². The Hall–Kier alpha value is -3.48. The summed E-state index contributed by atoms with van der Waals surface area (Å²) in [4.78, 5) is 17.4. The molecule has 0 spiro atoms. The van der Waals surface area contributed by atoms with Crippen LogP contribution in [0.2, 0.25) is 0 Å². The first-order valence-corrected chi connectivity index (χ1v) is 10.4. The van der Waals surface area contributed by atoms with Crippen LogP contribution < -0.4 is 25.3 Å². The molecule has 3 N–H and O–H groups in total. The summed E-state index contributed by atoms with van der Waals surface area (Å²) in [5.41, 5.74) is 9.01. The lowest BCUT2D eigenvalue weighted by Gasteiger charge is -2.24. The van der Waals surface area contributed by atoms with Gasteiger partial charge in [0.2, 0.25) is 0 Å². The SMILES string of the molecule is Cc1cc(N)c2c(OCC(NC(=O)c3ccc4c(c3)OCCO4)C(C)C)cccc2n1. The molecule has 2 heterocycles. The number of carbonyl (C=O) groups is 1. The van der Waals surface area contributed by atoms with E-state index >= 15 is 0 Å². The number of anilines is 1. The van der Waals surface area contributed by atoms with Crippen molar-refractivity contribution >= 4 is 22.5 Å². The summed E-state index contributed by atoms with van der Waals surface area (Å²) in [5.74, 6) is 1.87. The molecule has 1 aromatic heterocycles. The quantitative estimate of drug-likeness (QED) is 0.630. The first-order valence-electron chi connectivity index (χ1n) is 10.4. The topological polar surface area (TPSA) is 95.7 Å². The van der Waals surface area contributed by atoms with Gasteiger partial charge in [0.05, 0.1) is 16.9 Å². The molecule has 0 fully saturated rings. The molecule has 1 amide bonds. The van der Waals surface area contributed by atoms with Crippen LogP contribution in [0.15, 0.2) is 42.5 Å². The molecule has 31 heavy (non-hydrogen) atoms. The Labute approximate surface area is 181 Å². The maximum absolute atomic E-state index is 12.9. The molecular formula is C24H27N3O4. The second kappa shape index (κ2) is 8.71. The van der Waals surface area contributed by atoms with E-state index in [0.717, 1.165) is 16.6 Å². The number of pyridine rings is 1. The van der Waals surface area contributed by atoms with Crippen molar-refractivity contribution in [2.45, 2.75) is 26.8 Å². The highest BCUT2D eigenvalue weighted by atomic mass is 16.6. The van der Waals surface area contributed by atoms with Crippen LogP contribution in [-0.4, -0.2) is 36.8 Å². The number of carbonyl (C=O) groups excluding carboxylic acids is 1. The van der Waals surface area contributed by atoms with Gasteiger partial charge in [-0.2, -0.15) is 0 Å². The Balaban J connectivity index is 1.49. The van der Waals surface area contributed by atoms with Gasteiger partial charge in [-0.3, -0.25) is 9.78 Å². The normalized spacial score (nSPS) is 13.8. The average Bonchev–Trinajstić information content (AvgIpc) is 2.75. The molecule has 1 aliphatic heterocycles. The van der Waals surface area contributed by atoms with E-state index < -0.39 is 0 Å². The molecule has 162 valence electrons. The predicted octanol–water partition coefficient (Wildman–Crippen LogP) is 3.73. The van der Waals surface area contributed by atoms with Crippen LogP contribution in [-0.2, 0) is 0 Å². The summed E-state index contributed by atoms with van der Waals surface area (Å²) in [7, 11) is 0. The number of nitrogens with zero attached hydrogens (tertiary/aromatic N) is 1. The zero-order chi connectivity index (χ0) is 22.0. The number of amides is 1. The van der Waals surface area contributed by atoms with Crippen LogP contribution >= 0.6 is 0 Å². The highest BCUT2D eigenvalue weighted by Crippen LogP contribution is 2.32. The maximum Gasteiger partial charge on any atom is 0.251 e. The number of hydrogen-bond acceptors (Lipinski definition) is 6. The lowest BCUT2D eigenvalue weighted by Crippen LogP contribution is -2.42. The minimum atomic E-state index is -0.199. The van der Waals surface area contributed by atoms with Crippen LogP contribution in [0.25, 0.3) is 10.9 Å². The van der Waals surface area contributed by atoms with Crippen LogP contribution in [0.1, 0.15) is 29.9 Å². The second-order valence-corrected chi connectivity index (χ2v) is 8.00. The highest BCUT2D eigenvalue weighted by Gasteiger charge is 2.21. The lowest BCUT2D eigenvalue weighted by atomic mass is 10.0. The minimum absolute atomic E-state index is 0.161. The van der Waals surface area contributed by atoms with Crippen molar-refractivity contribution in [1.29, 1.82) is 0 Å². The number of nitrogens with two attached hydrogens (primary N) is 1. The van der Waals surface area contributed by atoms with Gasteiger partial charge in [0.25, 0.3) is 5.91 Å². The Morgan fingerprint density at radius 1 is 1.16 bits per heavy atom. The fourth-order valence-corrected chi connectivity index (χ4v) is 3.56. The van der Waals surface area contributed by atoms with Crippen molar-refractivity contribution in [2.24, 2.45) is 5.92 Å². The van der Waals surface area contributed by atoms with Crippen molar-refractivity contribution in [3.05, 3.63) is 53.7 Å². The first-order chi connectivity index (χ1) is 14.9. The predicted molar refractivity (Wildman–Crippen MR) is 120 cm³/mol. The average molecular weight is 421 g/mol. The molecule has 0 aliphatic carbocycles. The third-order valence-electron chi connectivity index (χ3n) is 5.30. The number of nitrogens with one attached hydrogen (secondary N) is 1. The molecule has 7 nitrogen and oxygen atoms in total. The Bertz CT molecular complexity index is 1110. The van der Waals surface area contributed by atoms with Gasteiger partial charge in [0.1, 0.15) is 25.6 Å². The van der Waals surface area contributed by atoms with E-state index in [-0.39, 0.29) is 17.9 Å². The second-order valence-electron chi connectivity index (χ2n) is 8.00. The molecule has 4 rings (SSSR count). The van der Waals surface area contributed by atoms with Crippen LogP contribution in [0.4, 0.5) is 5.69 Å². The molecule has 2 aromatic carbocycles. The third kappa shape index (κ3) is 4.50. The van der Waals surface area contributed by atoms with Crippen LogP contribution in [0.3, 0.4) is 0 Å². The van der Waals surface area contributed by atoms with Gasteiger partial charge < -0.3 is 25.3 Å². The Morgan fingerprint density at radius 2 is 1.94 bits per heavy atom. The summed E-state index contributed by atoms with van der Waals surface area (Å²) >= 11 is 0. The van der Waals surface area contributed by atoms with Gasteiger partial charge in [0.15, 0.2) is 11.5 Å². The van der Waals surface area contributed by atoms with Gasteiger partial charge in [-0.25, -0.2) is 0 Å². The largest absolute Gasteiger partial charge is 0.491 e. The number of aryl methyl sites for hydroxylation is 1. The number of hydrogen-bond donors (Lipinski definition) is 2. The summed E-state index contributed by atoms with van der Waals surface area (Å²) in [6.07, 6.45) is 0. The fraction of sp³-hybridized carbons (Fsp3) is 0.333. The zero-order valence-corrected chi connectivity index (χ0v) is 18.0. The number of ether oxygens (including phenoxy) is 3. The number of benzene rings is 2.